The largest absolute Gasteiger partial charge is 0.504 e. The molecule has 0 bridgehead atoms. The molecule has 13 nitrogen and oxygen atoms in total. The number of esters is 1. The van der Waals surface area contributed by atoms with Gasteiger partial charge in [-0.1, -0.05) is 12.1 Å². The number of rotatable bonds is 9. The van der Waals surface area contributed by atoms with Crippen molar-refractivity contribution in [1.29, 1.82) is 0 Å². The van der Waals surface area contributed by atoms with Gasteiger partial charge in [0.15, 0.2) is 29.1 Å². The number of methoxy groups -OCH3 is 2. The van der Waals surface area contributed by atoms with Gasteiger partial charge in [-0.05, 0) is 41.8 Å². The van der Waals surface area contributed by atoms with Gasteiger partial charge in [0.05, 0.1) is 32.8 Å². The van der Waals surface area contributed by atoms with Crippen molar-refractivity contribution in [2.75, 3.05) is 20.8 Å². The number of aliphatic hydroxyl groups excluding tert-OH is 4. The van der Waals surface area contributed by atoms with E-state index in [0.29, 0.717) is 11.1 Å². The molecule has 2 aliphatic heterocycles. The Morgan fingerprint density at radius 3 is 2.38 bits per heavy atom. The van der Waals surface area contributed by atoms with Crippen molar-refractivity contribution >= 4 is 11.9 Å². The van der Waals surface area contributed by atoms with Gasteiger partial charge in [0, 0.05) is 5.92 Å². The highest BCUT2D eigenvalue weighted by Crippen LogP contribution is 2.39. The molecule has 39 heavy (non-hydrogen) atoms. The molecule has 8 unspecified atom stereocenters. The topological polar surface area (TPSA) is 202 Å². The second kappa shape index (κ2) is 11.6. The predicted octanol–water partition coefficient (Wildman–Crippen LogP) is -0.254. The summed E-state index contributed by atoms with van der Waals surface area (Å²) in [5, 5.41) is 60.2. The van der Waals surface area contributed by atoms with E-state index in [9.17, 15) is 40.2 Å². The second-order valence-electron chi connectivity index (χ2n) is 9.32. The number of aromatic hydroxyl groups is 1. The van der Waals surface area contributed by atoms with Crippen LogP contribution in [-0.4, -0.2) is 94.1 Å². The minimum atomic E-state index is -1.86. The van der Waals surface area contributed by atoms with E-state index in [4.69, 9.17) is 23.7 Å². The number of cyclic esters (lactones) is 1. The van der Waals surface area contributed by atoms with E-state index in [1.54, 1.807) is 12.1 Å². The summed E-state index contributed by atoms with van der Waals surface area (Å²) in [6.45, 7) is -0.0119. The van der Waals surface area contributed by atoms with E-state index in [0.717, 1.165) is 0 Å². The zero-order valence-corrected chi connectivity index (χ0v) is 21.0. The second-order valence-corrected chi connectivity index (χ2v) is 9.32. The van der Waals surface area contributed by atoms with Crippen LogP contribution in [0.4, 0.5) is 0 Å². The molecular formula is C26H30O13. The first-order valence-electron chi connectivity index (χ1n) is 12.0. The zero-order valence-electron chi connectivity index (χ0n) is 21.0. The van der Waals surface area contributed by atoms with Crippen molar-refractivity contribution in [1.82, 2.24) is 0 Å². The third kappa shape index (κ3) is 5.72. The molecule has 2 aromatic rings. The normalized spacial score (nSPS) is 29.4. The minimum absolute atomic E-state index is 0.0119. The maximum atomic E-state index is 12.6. The molecule has 212 valence electrons. The van der Waals surface area contributed by atoms with Gasteiger partial charge in [0.1, 0.15) is 18.3 Å². The van der Waals surface area contributed by atoms with Crippen LogP contribution in [0.3, 0.4) is 0 Å². The van der Waals surface area contributed by atoms with Crippen LogP contribution in [-0.2, 0) is 25.5 Å². The molecule has 0 aliphatic carbocycles. The van der Waals surface area contributed by atoms with E-state index < -0.39 is 60.6 Å². The van der Waals surface area contributed by atoms with E-state index in [1.807, 2.05) is 0 Å². The molecule has 2 aliphatic rings. The summed E-state index contributed by atoms with van der Waals surface area (Å²) in [7, 11) is 2.73. The number of aliphatic hydroxyl groups is 4. The lowest BCUT2D eigenvalue weighted by Gasteiger charge is -2.38. The summed E-state index contributed by atoms with van der Waals surface area (Å²) in [4.78, 5) is 23.9. The number of hydrogen-bond donors (Lipinski definition) is 6. The Morgan fingerprint density at radius 2 is 1.72 bits per heavy atom. The first-order chi connectivity index (χ1) is 18.5. The minimum Gasteiger partial charge on any atom is -0.504 e. The van der Waals surface area contributed by atoms with Crippen LogP contribution in [0.5, 0.6) is 23.0 Å². The number of phenols is 1. The molecule has 6 N–H and O–H groups in total. The standard InChI is InChI=1S/C26H30O13/c1-35-17-9-12(4-5-15(17)27)19(28)14-10-37-25(34)13(14)7-11-3-6-16(18(8-11)36-2)38-26-22(31)20(29)21(30)23(39-26)24(32)33/h3-6,8-9,13-14,19-23,26-31H,7,10H2,1-2H3,(H,32,33). The summed E-state index contributed by atoms with van der Waals surface area (Å²) in [6, 6.07) is 9.02. The molecular weight excluding hydrogens is 520 g/mol. The number of carbonyl (C=O) groups excluding carboxylic acids is 1. The summed E-state index contributed by atoms with van der Waals surface area (Å²) < 4.78 is 26.5. The van der Waals surface area contributed by atoms with Crippen molar-refractivity contribution in [3.05, 3.63) is 47.5 Å². The summed E-state index contributed by atoms with van der Waals surface area (Å²) in [5.74, 6) is -3.06. The smallest absolute Gasteiger partial charge is 0.335 e. The molecule has 2 fully saturated rings. The molecule has 8 atom stereocenters. The number of hydrogen-bond acceptors (Lipinski definition) is 12. The van der Waals surface area contributed by atoms with Crippen LogP contribution in [0.25, 0.3) is 0 Å². The first-order valence-corrected chi connectivity index (χ1v) is 12.0. The quantitative estimate of drug-likeness (QED) is 0.223. The average molecular weight is 551 g/mol. The van der Waals surface area contributed by atoms with Gasteiger partial charge in [-0.15, -0.1) is 0 Å². The van der Waals surface area contributed by atoms with Crippen LogP contribution in [0.15, 0.2) is 36.4 Å². The maximum absolute atomic E-state index is 12.6. The molecule has 0 saturated carbocycles. The van der Waals surface area contributed by atoms with Crippen molar-refractivity contribution in [2.45, 2.75) is 43.2 Å². The van der Waals surface area contributed by atoms with Crippen molar-refractivity contribution in [3.63, 3.8) is 0 Å². The van der Waals surface area contributed by atoms with Crippen molar-refractivity contribution in [3.8, 4) is 23.0 Å². The van der Waals surface area contributed by atoms with Gasteiger partial charge < -0.3 is 54.3 Å². The molecule has 0 aromatic heterocycles. The number of ether oxygens (including phenoxy) is 5. The van der Waals surface area contributed by atoms with Gasteiger partial charge in [0.2, 0.25) is 6.29 Å². The molecule has 0 spiro atoms. The molecule has 2 heterocycles. The lowest BCUT2D eigenvalue weighted by atomic mass is 9.83. The fourth-order valence-electron chi connectivity index (χ4n) is 4.71. The van der Waals surface area contributed by atoms with Crippen LogP contribution in [0.1, 0.15) is 17.2 Å². The first kappa shape index (κ1) is 28.4. The Labute approximate surface area is 222 Å². The van der Waals surface area contributed by atoms with Crippen LogP contribution < -0.4 is 14.2 Å². The van der Waals surface area contributed by atoms with E-state index in [1.165, 1.54) is 38.5 Å². The van der Waals surface area contributed by atoms with Gasteiger partial charge in [-0.2, -0.15) is 0 Å². The lowest BCUT2D eigenvalue weighted by molar-refractivity contribution is -0.271. The predicted molar refractivity (Wildman–Crippen MR) is 129 cm³/mol. The molecule has 2 aromatic carbocycles. The van der Waals surface area contributed by atoms with Gasteiger partial charge >= 0.3 is 11.9 Å². The van der Waals surface area contributed by atoms with Gasteiger partial charge in [-0.3, -0.25) is 4.79 Å². The highest BCUT2D eigenvalue weighted by atomic mass is 16.7. The third-order valence-electron chi connectivity index (χ3n) is 6.93. The average Bonchev–Trinajstić information content (AvgIpc) is 3.28. The third-order valence-corrected chi connectivity index (χ3v) is 6.93. The highest BCUT2D eigenvalue weighted by molar-refractivity contribution is 5.75. The van der Waals surface area contributed by atoms with Crippen LogP contribution in [0.2, 0.25) is 0 Å². The lowest BCUT2D eigenvalue weighted by Crippen LogP contribution is -2.61. The summed E-state index contributed by atoms with van der Waals surface area (Å²) >= 11 is 0. The molecule has 4 rings (SSSR count). The van der Waals surface area contributed by atoms with Crippen LogP contribution in [0, 0.1) is 11.8 Å². The van der Waals surface area contributed by atoms with Crippen LogP contribution >= 0.6 is 0 Å². The monoisotopic (exact) mass is 550 g/mol. The molecule has 2 saturated heterocycles. The Morgan fingerprint density at radius 1 is 1.00 bits per heavy atom. The maximum Gasteiger partial charge on any atom is 0.335 e. The Kier molecular flexibility index (Phi) is 8.47. The number of carboxylic acid groups (broad SMARTS) is 1. The fourth-order valence-corrected chi connectivity index (χ4v) is 4.71. The number of aliphatic carboxylic acids is 1. The number of benzene rings is 2. The molecule has 0 radical (unpaired) electrons. The van der Waals surface area contributed by atoms with E-state index in [-0.39, 0.29) is 36.0 Å². The zero-order chi connectivity index (χ0) is 28.4. The number of carbonyl (C=O) groups is 2. The Bertz CT molecular complexity index is 1200. The summed E-state index contributed by atoms with van der Waals surface area (Å²) in [5.41, 5.74) is 1.06. The highest BCUT2D eigenvalue weighted by Gasteiger charge is 2.48. The Hall–Kier alpha value is -3.62. The number of phenolic OH excluding ortho intramolecular Hbond substituents is 1. The van der Waals surface area contributed by atoms with Crippen molar-refractivity contribution in [2.24, 2.45) is 11.8 Å². The molecule has 13 heteroatoms. The van der Waals surface area contributed by atoms with E-state index in [2.05, 4.69) is 0 Å². The SMILES string of the molecule is COc1cc(C(O)C2COC(=O)C2Cc2ccc(OC3OC(C(=O)O)C(O)C(O)C3O)c(OC)c2)ccc1O. The fraction of sp³-hybridized carbons (Fsp3) is 0.462. The Balaban J connectivity index is 1.51. The summed E-state index contributed by atoms with van der Waals surface area (Å²) in [6.07, 6.45) is -9.83. The van der Waals surface area contributed by atoms with Crippen molar-refractivity contribution < 1.29 is 63.9 Å². The number of carboxylic acids is 1. The molecule has 0 amide bonds. The van der Waals surface area contributed by atoms with Gasteiger partial charge in [0.25, 0.3) is 0 Å². The van der Waals surface area contributed by atoms with E-state index >= 15 is 0 Å². The van der Waals surface area contributed by atoms with Gasteiger partial charge in [-0.25, -0.2) is 4.79 Å².